The molecule has 1 N–H and O–H groups in total. The Bertz CT molecular complexity index is 1270. The van der Waals surface area contributed by atoms with Crippen LogP contribution in [0.25, 0.3) is 16.6 Å². The van der Waals surface area contributed by atoms with Crippen LogP contribution in [0.2, 0.25) is 0 Å². The first kappa shape index (κ1) is 20.7. The molecule has 5 nitrogen and oxygen atoms in total. The zero-order valence-electron chi connectivity index (χ0n) is 17.7. The molecule has 4 aromatic rings. The number of nitrogens with one attached hydrogen (secondary N) is 1. The maximum atomic E-state index is 12.6. The predicted molar refractivity (Wildman–Crippen MR) is 129 cm³/mol. The molecule has 2 aliphatic rings. The van der Waals surface area contributed by atoms with Crippen molar-refractivity contribution in [2.75, 3.05) is 5.32 Å². The number of aromatic nitrogens is 3. The smallest absolute Gasteiger partial charge is 0.228 e. The van der Waals surface area contributed by atoms with Crippen molar-refractivity contribution < 1.29 is 4.79 Å². The van der Waals surface area contributed by atoms with Gasteiger partial charge in [-0.1, -0.05) is 12.1 Å². The number of benzene rings is 2. The molecule has 0 spiro atoms. The largest absolute Gasteiger partial charge is 0.326 e. The van der Waals surface area contributed by atoms with E-state index in [0.717, 1.165) is 27.8 Å². The van der Waals surface area contributed by atoms with E-state index < -0.39 is 0 Å². The second-order valence-electron chi connectivity index (χ2n) is 8.76. The summed E-state index contributed by atoms with van der Waals surface area (Å²) in [6, 6.07) is 20.2. The van der Waals surface area contributed by atoms with Gasteiger partial charge in [-0.2, -0.15) is 5.10 Å². The summed E-state index contributed by atoms with van der Waals surface area (Å²) in [6.07, 6.45) is 7.16. The fourth-order valence-corrected chi connectivity index (χ4v) is 4.18. The third kappa shape index (κ3) is 4.26. The highest BCUT2D eigenvalue weighted by Crippen LogP contribution is 2.45. The average Bonchev–Trinajstić information content (AvgIpc) is 3.73. The standard InChI is InChI=1S/C26H24N4O.ClH/c31-26(15-17-3-12-23-20(14-17)2-1-13-27-23)28-21-8-10-22(11-9-21)30-25(19-6-7-19)16-24(29-30)18-4-5-18;/h1-3,8-14,16,18-19H,4-7,15H2,(H,28,31);1H. The molecule has 2 aliphatic carbocycles. The number of pyridine rings is 1. The van der Waals surface area contributed by atoms with Crippen LogP contribution < -0.4 is 5.32 Å². The molecule has 2 heterocycles. The molecule has 1 amide bonds. The Balaban J connectivity index is 0.00000216. The molecule has 6 heteroatoms. The van der Waals surface area contributed by atoms with Crippen LogP contribution >= 0.6 is 12.4 Å². The monoisotopic (exact) mass is 444 g/mol. The number of carbonyl (C=O) groups is 1. The minimum Gasteiger partial charge on any atom is -0.326 e. The highest BCUT2D eigenvalue weighted by molar-refractivity contribution is 5.93. The molecular weight excluding hydrogens is 420 g/mol. The Kier molecular flexibility index (Phi) is 5.43. The second-order valence-corrected chi connectivity index (χ2v) is 8.76. The number of fused-ring (bicyclic) bond motifs is 1. The number of nitrogens with zero attached hydrogens (tertiary/aromatic N) is 3. The van der Waals surface area contributed by atoms with Gasteiger partial charge >= 0.3 is 0 Å². The Morgan fingerprint density at radius 3 is 2.50 bits per heavy atom. The molecule has 0 atom stereocenters. The van der Waals surface area contributed by atoms with Crippen LogP contribution in [0.5, 0.6) is 0 Å². The summed E-state index contributed by atoms with van der Waals surface area (Å²) in [5.41, 5.74) is 6.37. The van der Waals surface area contributed by atoms with E-state index in [1.165, 1.54) is 37.1 Å². The summed E-state index contributed by atoms with van der Waals surface area (Å²) in [4.78, 5) is 16.9. The summed E-state index contributed by atoms with van der Waals surface area (Å²) in [5, 5.41) is 8.96. The molecule has 0 aliphatic heterocycles. The Morgan fingerprint density at radius 1 is 0.969 bits per heavy atom. The van der Waals surface area contributed by atoms with Crippen LogP contribution in [-0.4, -0.2) is 20.7 Å². The van der Waals surface area contributed by atoms with E-state index in [1.807, 2.05) is 54.6 Å². The van der Waals surface area contributed by atoms with Gasteiger partial charge in [0.25, 0.3) is 0 Å². The first-order valence-electron chi connectivity index (χ1n) is 11.1. The van der Waals surface area contributed by atoms with E-state index in [2.05, 4.69) is 21.0 Å². The van der Waals surface area contributed by atoms with Crippen LogP contribution in [-0.2, 0) is 11.2 Å². The number of halogens is 1. The van der Waals surface area contributed by atoms with E-state index in [0.29, 0.717) is 18.3 Å². The molecule has 2 aromatic heterocycles. The van der Waals surface area contributed by atoms with Gasteiger partial charge in [0, 0.05) is 34.8 Å². The number of carbonyl (C=O) groups excluding carboxylic acids is 1. The van der Waals surface area contributed by atoms with Gasteiger partial charge in [0.05, 0.1) is 23.3 Å². The van der Waals surface area contributed by atoms with E-state index in [4.69, 9.17) is 5.10 Å². The van der Waals surface area contributed by atoms with Crippen molar-refractivity contribution >= 4 is 34.9 Å². The Morgan fingerprint density at radius 2 is 1.75 bits per heavy atom. The lowest BCUT2D eigenvalue weighted by Crippen LogP contribution is -2.14. The van der Waals surface area contributed by atoms with Crippen molar-refractivity contribution in [2.45, 2.75) is 43.9 Å². The van der Waals surface area contributed by atoms with Crippen LogP contribution in [0.4, 0.5) is 5.69 Å². The fraction of sp³-hybridized carbons (Fsp3) is 0.269. The van der Waals surface area contributed by atoms with Crippen LogP contribution in [0, 0.1) is 0 Å². The first-order chi connectivity index (χ1) is 15.2. The van der Waals surface area contributed by atoms with Crippen molar-refractivity contribution in [3.63, 3.8) is 0 Å². The van der Waals surface area contributed by atoms with Gasteiger partial charge in [-0.25, -0.2) is 4.68 Å². The van der Waals surface area contributed by atoms with Gasteiger partial charge in [-0.3, -0.25) is 9.78 Å². The van der Waals surface area contributed by atoms with Crippen molar-refractivity contribution in [3.05, 3.63) is 83.8 Å². The highest BCUT2D eigenvalue weighted by atomic mass is 35.5. The predicted octanol–water partition coefficient (Wildman–Crippen LogP) is 5.78. The molecule has 0 saturated heterocycles. The summed E-state index contributed by atoms with van der Waals surface area (Å²) < 4.78 is 2.11. The quantitative estimate of drug-likeness (QED) is 0.410. The van der Waals surface area contributed by atoms with Gasteiger partial charge in [0.2, 0.25) is 5.91 Å². The van der Waals surface area contributed by atoms with Crippen molar-refractivity contribution in [1.29, 1.82) is 0 Å². The highest BCUT2D eigenvalue weighted by Gasteiger charge is 2.32. The lowest BCUT2D eigenvalue weighted by molar-refractivity contribution is -0.115. The van der Waals surface area contributed by atoms with Gasteiger partial charge in [-0.05, 0) is 79.8 Å². The molecule has 0 radical (unpaired) electrons. The minimum absolute atomic E-state index is 0. The Labute approximate surface area is 193 Å². The topological polar surface area (TPSA) is 59.8 Å². The number of rotatable bonds is 6. The average molecular weight is 445 g/mol. The summed E-state index contributed by atoms with van der Waals surface area (Å²) in [7, 11) is 0. The van der Waals surface area contributed by atoms with Crippen molar-refractivity contribution in [3.8, 4) is 5.69 Å². The summed E-state index contributed by atoms with van der Waals surface area (Å²) in [5.74, 6) is 1.28. The maximum absolute atomic E-state index is 12.6. The van der Waals surface area contributed by atoms with Crippen LogP contribution in [0.3, 0.4) is 0 Å². The Hall–Kier alpha value is -3.18. The SMILES string of the molecule is Cl.O=C(Cc1ccc2ncccc2c1)Nc1ccc(-n2nc(C3CC3)cc2C2CC2)cc1. The third-order valence-corrected chi connectivity index (χ3v) is 6.17. The first-order valence-corrected chi connectivity index (χ1v) is 11.1. The minimum atomic E-state index is -0.0234. The van der Waals surface area contributed by atoms with Gasteiger partial charge < -0.3 is 5.32 Å². The molecule has 2 fully saturated rings. The molecular formula is C26H25ClN4O. The zero-order chi connectivity index (χ0) is 20.8. The van der Waals surface area contributed by atoms with Gasteiger partial charge in [0.1, 0.15) is 0 Å². The second kappa shape index (κ2) is 8.40. The van der Waals surface area contributed by atoms with Crippen molar-refractivity contribution in [1.82, 2.24) is 14.8 Å². The molecule has 162 valence electrons. The number of anilines is 1. The van der Waals surface area contributed by atoms with E-state index in [-0.39, 0.29) is 18.3 Å². The number of hydrogen-bond acceptors (Lipinski definition) is 3. The summed E-state index contributed by atoms with van der Waals surface area (Å²) >= 11 is 0. The zero-order valence-corrected chi connectivity index (χ0v) is 18.5. The third-order valence-electron chi connectivity index (χ3n) is 6.17. The lowest BCUT2D eigenvalue weighted by atomic mass is 10.1. The van der Waals surface area contributed by atoms with E-state index in [1.54, 1.807) is 6.20 Å². The van der Waals surface area contributed by atoms with E-state index >= 15 is 0 Å². The molecule has 2 aromatic carbocycles. The maximum Gasteiger partial charge on any atom is 0.228 e. The number of amides is 1. The molecule has 2 saturated carbocycles. The molecule has 0 bridgehead atoms. The number of hydrogen-bond donors (Lipinski definition) is 1. The fourth-order valence-electron chi connectivity index (χ4n) is 4.18. The molecule has 0 unspecified atom stereocenters. The van der Waals surface area contributed by atoms with Gasteiger partial charge in [0.15, 0.2) is 0 Å². The lowest BCUT2D eigenvalue weighted by Gasteiger charge is -2.09. The molecule has 6 rings (SSSR count). The van der Waals surface area contributed by atoms with Crippen LogP contribution in [0.15, 0.2) is 66.9 Å². The van der Waals surface area contributed by atoms with Crippen molar-refractivity contribution in [2.24, 2.45) is 0 Å². The van der Waals surface area contributed by atoms with Gasteiger partial charge in [-0.15, -0.1) is 12.4 Å². The van der Waals surface area contributed by atoms with Crippen LogP contribution in [0.1, 0.15) is 54.5 Å². The normalized spacial score (nSPS) is 15.4. The summed E-state index contributed by atoms with van der Waals surface area (Å²) in [6.45, 7) is 0. The van der Waals surface area contributed by atoms with E-state index in [9.17, 15) is 4.79 Å². The molecule has 32 heavy (non-hydrogen) atoms.